The second-order valence-corrected chi connectivity index (χ2v) is 3.19. The Morgan fingerprint density at radius 2 is 2.27 bits per heavy atom. The minimum atomic E-state index is -0.542. The smallest absolute Gasteiger partial charge is 0.311 e. The molecule has 0 bridgehead atoms. The highest BCUT2D eigenvalue weighted by Crippen LogP contribution is 2.22. The van der Waals surface area contributed by atoms with E-state index in [1.165, 1.54) is 4.68 Å². The lowest BCUT2D eigenvalue weighted by Crippen LogP contribution is -2.07. The molecular formula is C8H8N4O3. The average Bonchev–Trinajstić information content (AvgIpc) is 2.43. The van der Waals surface area contributed by atoms with Crippen molar-refractivity contribution in [3.8, 4) is 0 Å². The Hall–Kier alpha value is -2.18. The van der Waals surface area contributed by atoms with Crippen LogP contribution in [0.5, 0.6) is 0 Å². The van der Waals surface area contributed by atoms with Crippen LogP contribution in [0.1, 0.15) is 5.69 Å². The van der Waals surface area contributed by atoms with Crippen LogP contribution in [-0.4, -0.2) is 19.7 Å². The van der Waals surface area contributed by atoms with E-state index >= 15 is 0 Å². The molecule has 7 heteroatoms. The standard InChI is InChI=1S/C8H8N4O3/c1-4-6-7(11(2)10-4)5(12(14)15)3-9-8(6)13/h3H,1-2H3,(H,9,13). The van der Waals surface area contributed by atoms with E-state index in [-0.39, 0.29) is 22.1 Å². The summed E-state index contributed by atoms with van der Waals surface area (Å²) in [4.78, 5) is 24.0. The van der Waals surface area contributed by atoms with Crippen molar-refractivity contribution in [1.29, 1.82) is 0 Å². The highest BCUT2D eigenvalue weighted by molar-refractivity contribution is 5.88. The second-order valence-electron chi connectivity index (χ2n) is 3.19. The molecule has 0 aromatic carbocycles. The molecule has 0 amide bonds. The SMILES string of the molecule is Cc1nn(C)c2c([N+](=O)[O-])c[nH]c(=O)c12. The van der Waals surface area contributed by atoms with Gasteiger partial charge in [0.2, 0.25) is 0 Å². The van der Waals surface area contributed by atoms with Gasteiger partial charge in [0.25, 0.3) is 5.56 Å². The number of aryl methyl sites for hydroxylation is 2. The predicted octanol–water partition coefficient (Wildman–Crippen LogP) is 0.478. The molecule has 2 aromatic rings. The lowest BCUT2D eigenvalue weighted by molar-refractivity contribution is -0.383. The Kier molecular flexibility index (Phi) is 1.82. The first kappa shape index (κ1) is 9.38. The highest BCUT2D eigenvalue weighted by Gasteiger charge is 2.20. The fraction of sp³-hybridized carbons (Fsp3) is 0.250. The lowest BCUT2D eigenvalue weighted by Gasteiger charge is -1.95. The first-order chi connectivity index (χ1) is 7.02. The van der Waals surface area contributed by atoms with Crippen molar-refractivity contribution in [2.75, 3.05) is 0 Å². The van der Waals surface area contributed by atoms with Crippen LogP contribution in [0, 0.1) is 17.0 Å². The molecule has 0 fully saturated rings. The zero-order valence-electron chi connectivity index (χ0n) is 8.14. The zero-order chi connectivity index (χ0) is 11.2. The molecule has 0 aliphatic heterocycles. The normalized spacial score (nSPS) is 10.8. The van der Waals surface area contributed by atoms with Gasteiger partial charge in [-0.15, -0.1) is 0 Å². The summed E-state index contributed by atoms with van der Waals surface area (Å²) in [6, 6.07) is 0. The molecule has 78 valence electrons. The van der Waals surface area contributed by atoms with Crippen molar-refractivity contribution in [3.05, 3.63) is 32.4 Å². The summed E-state index contributed by atoms with van der Waals surface area (Å²) in [5.74, 6) is 0. The number of nitrogens with zero attached hydrogens (tertiary/aromatic N) is 3. The molecule has 2 aromatic heterocycles. The van der Waals surface area contributed by atoms with E-state index in [2.05, 4.69) is 10.1 Å². The molecule has 2 heterocycles. The Morgan fingerprint density at radius 3 is 2.87 bits per heavy atom. The van der Waals surface area contributed by atoms with Gasteiger partial charge in [0, 0.05) is 7.05 Å². The third-order valence-electron chi connectivity index (χ3n) is 2.23. The lowest BCUT2D eigenvalue weighted by atomic mass is 10.2. The van der Waals surface area contributed by atoms with Gasteiger partial charge in [-0.3, -0.25) is 19.6 Å². The van der Waals surface area contributed by atoms with E-state index in [0.29, 0.717) is 5.69 Å². The van der Waals surface area contributed by atoms with Crippen molar-refractivity contribution in [3.63, 3.8) is 0 Å². The summed E-state index contributed by atoms with van der Waals surface area (Å²) in [5.41, 5.74) is 0.229. The molecule has 0 atom stereocenters. The van der Waals surface area contributed by atoms with Crippen molar-refractivity contribution in [1.82, 2.24) is 14.8 Å². The van der Waals surface area contributed by atoms with Gasteiger partial charge in [0.1, 0.15) is 0 Å². The number of H-pyrrole nitrogens is 1. The van der Waals surface area contributed by atoms with Gasteiger partial charge < -0.3 is 4.98 Å². The van der Waals surface area contributed by atoms with Gasteiger partial charge in [0.15, 0.2) is 5.52 Å². The molecule has 0 saturated carbocycles. The molecule has 0 unspecified atom stereocenters. The topological polar surface area (TPSA) is 93.8 Å². The van der Waals surface area contributed by atoms with Gasteiger partial charge in [-0.25, -0.2) is 0 Å². The first-order valence-electron chi connectivity index (χ1n) is 4.21. The summed E-state index contributed by atoms with van der Waals surface area (Å²) >= 11 is 0. The number of nitro groups is 1. The van der Waals surface area contributed by atoms with Gasteiger partial charge in [0.05, 0.1) is 22.2 Å². The quantitative estimate of drug-likeness (QED) is 0.544. The van der Waals surface area contributed by atoms with E-state index in [9.17, 15) is 14.9 Å². The largest absolute Gasteiger partial charge is 0.322 e. The van der Waals surface area contributed by atoms with Crippen LogP contribution in [0.2, 0.25) is 0 Å². The van der Waals surface area contributed by atoms with Gasteiger partial charge in [-0.2, -0.15) is 5.10 Å². The number of rotatable bonds is 1. The summed E-state index contributed by atoms with van der Waals surface area (Å²) in [7, 11) is 1.57. The number of hydrogen-bond acceptors (Lipinski definition) is 4. The molecule has 15 heavy (non-hydrogen) atoms. The molecule has 7 nitrogen and oxygen atoms in total. The fourth-order valence-electron chi connectivity index (χ4n) is 1.64. The molecule has 0 saturated heterocycles. The first-order valence-corrected chi connectivity index (χ1v) is 4.21. The summed E-state index contributed by atoms with van der Waals surface area (Å²) in [6.45, 7) is 1.64. The van der Waals surface area contributed by atoms with Crippen LogP contribution < -0.4 is 5.56 Å². The third kappa shape index (κ3) is 1.20. The summed E-state index contributed by atoms with van der Waals surface area (Å²) in [5, 5.41) is 15.0. The van der Waals surface area contributed by atoms with Crippen LogP contribution >= 0.6 is 0 Å². The number of fused-ring (bicyclic) bond motifs is 1. The molecule has 1 N–H and O–H groups in total. The minimum absolute atomic E-state index is 0.146. The van der Waals surface area contributed by atoms with E-state index in [4.69, 9.17) is 0 Å². The highest BCUT2D eigenvalue weighted by atomic mass is 16.6. The minimum Gasteiger partial charge on any atom is -0.322 e. The number of aromatic nitrogens is 3. The van der Waals surface area contributed by atoms with E-state index < -0.39 is 4.92 Å². The zero-order valence-corrected chi connectivity index (χ0v) is 8.14. The molecule has 2 rings (SSSR count). The monoisotopic (exact) mass is 208 g/mol. The second kappa shape index (κ2) is 2.91. The van der Waals surface area contributed by atoms with Crippen LogP contribution in [0.25, 0.3) is 10.9 Å². The Balaban J connectivity index is 3.05. The van der Waals surface area contributed by atoms with E-state index in [0.717, 1.165) is 6.20 Å². The maximum absolute atomic E-state index is 11.5. The fourth-order valence-corrected chi connectivity index (χ4v) is 1.64. The maximum atomic E-state index is 11.5. The number of aromatic amines is 1. The maximum Gasteiger partial charge on any atom is 0.311 e. The Labute approximate surface area is 83.5 Å². The van der Waals surface area contributed by atoms with E-state index in [1.54, 1.807) is 14.0 Å². The molecule has 0 aliphatic rings. The van der Waals surface area contributed by atoms with Crippen LogP contribution in [-0.2, 0) is 7.05 Å². The molecule has 0 radical (unpaired) electrons. The molecule has 0 spiro atoms. The number of nitrogens with one attached hydrogen (secondary N) is 1. The predicted molar refractivity (Wildman–Crippen MR) is 52.7 cm³/mol. The number of hydrogen-bond donors (Lipinski definition) is 1. The average molecular weight is 208 g/mol. The van der Waals surface area contributed by atoms with Crippen molar-refractivity contribution >= 4 is 16.6 Å². The molecule has 0 aliphatic carbocycles. The van der Waals surface area contributed by atoms with Crippen molar-refractivity contribution in [2.24, 2.45) is 7.05 Å². The Morgan fingerprint density at radius 1 is 1.60 bits per heavy atom. The third-order valence-corrected chi connectivity index (χ3v) is 2.23. The number of pyridine rings is 1. The van der Waals surface area contributed by atoms with Gasteiger partial charge in [-0.05, 0) is 6.92 Å². The summed E-state index contributed by atoms with van der Waals surface area (Å²) < 4.78 is 1.35. The van der Waals surface area contributed by atoms with Gasteiger partial charge in [-0.1, -0.05) is 0 Å². The van der Waals surface area contributed by atoms with Crippen LogP contribution in [0.4, 0.5) is 5.69 Å². The van der Waals surface area contributed by atoms with Gasteiger partial charge >= 0.3 is 5.69 Å². The van der Waals surface area contributed by atoms with Crippen molar-refractivity contribution < 1.29 is 4.92 Å². The Bertz CT molecular complexity index is 610. The van der Waals surface area contributed by atoms with Crippen LogP contribution in [0.3, 0.4) is 0 Å². The molecular weight excluding hydrogens is 200 g/mol. The van der Waals surface area contributed by atoms with Crippen molar-refractivity contribution in [2.45, 2.75) is 6.92 Å². The summed E-state index contributed by atoms with van der Waals surface area (Å²) in [6.07, 6.45) is 1.09. The van der Waals surface area contributed by atoms with Crippen LogP contribution in [0.15, 0.2) is 11.0 Å². The van der Waals surface area contributed by atoms with E-state index in [1.807, 2.05) is 0 Å².